The summed E-state index contributed by atoms with van der Waals surface area (Å²) in [6, 6.07) is 1.24. The van der Waals surface area contributed by atoms with Crippen molar-refractivity contribution < 1.29 is 76.5 Å². The molecule has 1 saturated heterocycles. The largest absolute Gasteiger partial charge is 0.481 e. The normalized spacial score (nSPS) is 20.0. The van der Waals surface area contributed by atoms with Crippen molar-refractivity contribution in [3.63, 3.8) is 0 Å². The van der Waals surface area contributed by atoms with Gasteiger partial charge in [-0.25, -0.2) is 13.9 Å². The van der Waals surface area contributed by atoms with Gasteiger partial charge in [0.25, 0.3) is 0 Å². The Morgan fingerprint density at radius 1 is 0.718 bits per heavy atom. The molecule has 444 valence electrons. The summed E-state index contributed by atoms with van der Waals surface area (Å²) < 4.78 is 56.8. The van der Waals surface area contributed by atoms with E-state index < -0.39 is 95.9 Å². The molecule has 22 heteroatoms. The number of aromatic nitrogens is 2. The molecule has 1 fully saturated rings. The number of allylic oxidation sites excluding steroid dienone is 8. The molecule has 0 radical (unpaired) electrons. The summed E-state index contributed by atoms with van der Waals surface area (Å²) in [4.78, 5) is 62.1. The lowest BCUT2D eigenvalue weighted by atomic mass is 10.0. The van der Waals surface area contributed by atoms with Gasteiger partial charge in [-0.05, 0) is 50.5 Å². The highest BCUT2D eigenvalue weighted by Crippen LogP contribution is 2.60. The van der Waals surface area contributed by atoms with Crippen LogP contribution in [0, 0.1) is 5.92 Å². The van der Waals surface area contributed by atoms with E-state index in [9.17, 15) is 53.7 Å². The van der Waals surface area contributed by atoms with Crippen molar-refractivity contribution in [1.29, 1.82) is 0 Å². The van der Waals surface area contributed by atoms with Crippen LogP contribution in [0.1, 0.15) is 181 Å². The van der Waals surface area contributed by atoms with Gasteiger partial charge in [-0.3, -0.25) is 23.2 Å². The van der Waals surface area contributed by atoms with E-state index in [2.05, 4.69) is 23.1 Å². The Hall–Kier alpha value is -3.88. The first-order valence-electron chi connectivity index (χ1n) is 28.0. The zero-order valence-electron chi connectivity index (χ0n) is 46.3. The van der Waals surface area contributed by atoms with Crippen LogP contribution < -0.4 is 11.4 Å². The van der Waals surface area contributed by atoms with Crippen LogP contribution in [-0.4, -0.2) is 108 Å². The molecule has 9 atom stereocenters. The summed E-state index contributed by atoms with van der Waals surface area (Å²) in [7, 11) is -10.9. The molecule has 1 aromatic heterocycles. The fourth-order valence-electron chi connectivity index (χ4n) is 8.05. The van der Waals surface area contributed by atoms with E-state index in [1.54, 1.807) is 42.5 Å². The van der Waals surface area contributed by atoms with Gasteiger partial charge in [0.2, 0.25) is 0 Å². The lowest BCUT2D eigenvalue weighted by Crippen LogP contribution is -2.36. The van der Waals surface area contributed by atoms with Crippen molar-refractivity contribution in [2.24, 2.45) is 5.92 Å². The van der Waals surface area contributed by atoms with Crippen LogP contribution in [0.3, 0.4) is 0 Å². The highest BCUT2D eigenvalue weighted by molar-refractivity contribution is 7.61. The minimum absolute atomic E-state index is 0.0117. The monoisotopic (exact) mass is 1140 g/mol. The zero-order chi connectivity index (χ0) is 57.4. The predicted molar refractivity (Wildman–Crippen MR) is 300 cm³/mol. The molecule has 1 aromatic rings. The Labute approximate surface area is 462 Å². The van der Waals surface area contributed by atoms with Crippen molar-refractivity contribution >= 4 is 33.4 Å². The van der Waals surface area contributed by atoms with Gasteiger partial charge in [0.1, 0.15) is 30.7 Å². The molecule has 2 unspecified atom stereocenters. The standard InChI is InChI=1S/C56H93N3O17P2/c1-4-5-26-34-46(60)36-29-24-25-30-37-47(61)35-28-21-18-19-22-31-38-51(62)71-42-48(74-52(63)39-32-23-17-15-13-11-9-7-6-8-10-12-14-16-20-27-33-45(2)3)43-72-77(67,68)76-78(69,70)73-44-49-53(64)54(65)55(75-49)59-41-40-50(57)58-56(59)66/h5,19,21-22,24-26,28-30,36-37,40-41,45-49,53-55,60-61,64-65H,4,6-18,20,23,27,31-35,38-39,42-44H2,1-3H3,(H,67,68)(H,69,70)(H2,57,58,66)/b22-19-,25-24-,26-5-,28-21-,36-29+,37-30+/t46-,47+,48-,49-,53-,54-,55-/m1/s1. The summed E-state index contributed by atoms with van der Waals surface area (Å²) in [6.45, 7) is 4.14. The molecule has 2 rings (SSSR count). The van der Waals surface area contributed by atoms with Gasteiger partial charge in [-0.15, -0.1) is 0 Å². The molecule has 78 heavy (non-hydrogen) atoms. The van der Waals surface area contributed by atoms with E-state index >= 15 is 0 Å². The average Bonchev–Trinajstić information content (AvgIpc) is 3.66. The number of hydrogen-bond donors (Lipinski definition) is 7. The van der Waals surface area contributed by atoms with Crippen LogP contribution in [0.2, 0.25) is 0 Å². The van der Waals surface area contributed by atoms with Crippen LogP contribution >= 0.6 is 15.6 Å². The van der Waals surface area contributed by atoms with Crippen molar-refractivity contribution in [1.82, 2.24) is 9.55 Å². The lowest BCUT2D eigenvalue weighted by Gasteiger charge is -2.21. The number of nitrogen functional groups attached to an aromatic ring is 1. The number of phosphoric acid groups is 2. The fraction of sp³-hybridized carbons (Fsp3) is 0.679. The minimum atomic E-state index is -5.47. The van der Waals surface area contributed by atoms with Gasteiger partial charge in [-0.1, -0.05) is 196 Å². The minimum Gasteiger partial charge on any atom is -0.462 e. The molecule has 0 aromatic carbocycles. The number of aliphatic hydroxyl groups excluding tert-OH is 4. The lowest BCUT2D eigenvalue weighted by molar-refractivity contribution is -0.161. The summed E-state index contributed by atoms with van der Waals surface area (Å²) >= 11 is 0. The van der Waals surface area contributed by atoms with Crippen molar-refractivity contribution in [2.45, 2.75) is 218 Å². The van der Waals surface area contributed by atoms with Gasteiger partial charge in [0, 0.05) is 19.0 Å². The highest BCUT2D eigenvalue weighted by Gasteiger charge is 2.46. The third kappa shape index (κ3) is 35.0. The maximum Gasteiger partial charge on any atom is 0.481 e. The zero-order valence-corrected chi connectivity index (χ0v) is 48.1. The molecule has 0 saturated carbocycles. The molecular weight excluding hydrogens is 1050 g/mol. The first-order chi connectivity index (χ1) is 37.3. The molecule has 2 heterocycles. The quantitative estimate of drug-likeness (QED) is 0.0105. The first kappa shape index (κ1) is 70.2. The number of rotatable bonds is 45. The molecule has 1 aliphatic heterocycles. The maximum absolute atomic E-state index is 12.9. The number of nitrogens with two attached hydrogens (primary N) is 1. The SMILES string of the molecule is CC/C=C\C[C@@H](O)/C=C/C=C\C=C\[C@@H](O)C/C=C\C/C=C\CCC(=O)OC[C@H](COP(=O)(O)OP(=O)(O)OC[C@H]1O[C@@H](n2ccc(N)nc2=O)[C@H](O)[C@@H]1O)OC(=O)CCCCCCCCCCCCCCCCCCC(C)C. The Morgan fingerprint density at radius 2 is 1.26 bits per heavy atom. The molecule has 1 aliphatic rings. The van der Waals surface area contributed by atoms with E-state index in [1.807, 2.05) is 37.3 Å². The molecule has 0 amide bonds. The van der Waals surface area contributed by atoms with E-state index in [-0.39, 0.29) is 18.7 Å². The van der Waals surface area contributed by atoms with Crippen molar-refractivity contribution in [3.05, 3.63) is 95.7 Å². The summed E-state index contributed by atoms with van der Waals surface area (Å²) in [5, 5.41) is 41.0. The third-order valence-corrected chi connectivity index (χ3v) is 15.0. The molecule has 0 bridgehead atoms. The number of esters is 2. The topological polar surface area (TPSA) is 306 Å². The predicted octanol–water partition coefficient (Wildman–Crippen LogP) is 10.2. The van der Waals surface area contributed by atoms with Crippen molar-refractivity contribution in [2.75, 3.05) is 25.6 Å². The van der Waals surface area contributed by atoms with E-state index in [4.69, 9.17) is 29.0 Å². The van der Waals surface area contributed by atoms with Crippen LogP contribution in [0.5, 0.6) is 0 Å². The van der Waals surface area contributed by atoms with Gasteiger partial charge in [0.15, 0.2) is 12.3 Å². The Balaban J connectivity index is 1.82. The highest BCUT2D eigenvalue weighted by atomic mass is 31.3. The number of hydrogen-bond acceptors (Lipinski definition) is 17. The van der Waals surface area contributed by atoms with E-state index in [1.165, 1.54) is 83.1 Å². The molecule has 8 N–H and O–H groups in total. The maximum atomic E-state index is 12.9. The second-order valence-corrected chi connectivity index (χ2v) is 23.0. The average molecular weight is 1140 g/mol. The number of carbonyl (C=O) groups is 2. The number of ether oxygens (including phenoxy) is 3. The van der Waals surface area contributed by atoms with Crippen LogP contribution in [-0.2, 0) is 46.3 Å². The van der Waals surface area contributed by atoms with Crippen LogP contribution in [0.4, 0.5) is 5.82 Å². The number of unbranched alkanes of at least 4 members (excludes halogenated alkanes) is 15. The Bertz CT molecular complexity index is 2150. The van der Waals surface area contributed by atoms with Gasteiger partial charge < -0.3 is 50.2 Å². The Morgan fingerprint density at radius 3 is 1.82 bits per heavy atom. The van der Waals surface area contributed by atoms with Crippen molar-refractivity contribution in [3.8, 4) is 0 Å². The van der Waals surface area contributed by atoms with Gasteiger partial charge in [-0.2, -0.15) is 9.29 Å². The molecule has 0 spiro atoms. The number of aliphatic hydroxyl groups is 4. The first-order valence-corrected chi connectivity index (χ1v) is 31.0. The molecule has 0 aliphatic carbocycles. The fourth-order valence-corrected chi connectivity index (χ4v) is 10.2. The number of carbonyl (C=O) groups excluding carboxylic acids is 2. The third-order valence-electron chi connectivity index (χ3n) is 12.4. The van der Waals surface area contributed by atoms with Crippen LogP contribution in [0.25, 0.3) is 0 Å². The summed E-state index contributed by atoms with van der Waals surface area (Å²) in [5.74, 6) is -0.675. The number of nitrogens with zero attached hydrogens (tertiary/aromatic N) is 2. The van der Waals surface area contributed by atoms with E-state index in [0.29, 0.717) is 32.1 Å². The van der Waals surface area contributed by atoms with Crippen LogP contribution in [0.15, 0.2) is 90.0 Å². The smallest absolute Gasteiger partial charge is 0.462 e. The van der Waals surface area contributed by atoms with Gasteiger partial charge in [0.05, 0.1) is 25.4 Å². The number of phosphoric ester groups is 2. The van der Waals surface area contributed by atoms with Gasteiger partial charge >= 0.3 is 33.3 Å². The summed E-state index contributed by atoms with van der Waals surface area (Å²) in [5.41, 5.74) is 4.58. The number of anilines is 1. The summed E-state index contributed by atoms with van der Waals surface area (Å²) in [6.07, 6.45) is 36.2. The van der Waals surface area contributed by atoms with E-state index in [0.717, 1.165) is 48.8 Å². The molecule has 20 nitrogen and oxygen atoms in total. The molecular formula is C56H93N3O17P2. The second kappa shape index (κ2) is 42.0. The second-order valence-electron chi connectivity index (χ2n) is 19.9. The Kier molecular flexibility index (Phi) is 37.8.